The highest BCUT2D eigenvalue weighted by atomic mass is 35.5. The number of terminal acetylenes is 1. The zero-order chi connectivity index (χ0) is 7.82. The lowest BCUT2D eigenvalue weighted by molar-refractivity contribution is 0.378. The van der Waals surface area contributed by atoms with Crippen LogP contribution in [0.1, 0.15) is 25.7 Å². The number of halogens is 2. The van der Waals surface area contributed by atoms with Crippen molar-refractivity contribution in [3.05, 3.63) is 0 Å². The molecule has 0 amide bonds. The summed E-state index contributed by atoms with van der Waals surface area (Å²) in [5.74, 6) is 2.70. The van der Waals surface area contributed by atoms with Gasteiger partial charge in [0.2, 0.25) is 0 Å². The van der Waals surface area contributed by atoms with Crippen molar-refractivity contribution in [2.75, 3.05) is 5.88 Å². The van der Waals surface area contributed by atoms with Crippen molar-refractivity contribution in [3.8, 4) is 12.3 Å². The fourth-order valence-corrected chi connectivity index (χ4v) is 0.867. The van der Waals surface area contributed by atoms with Crippen molar-refractivity contribution >= 4 is 11.6 Å². The fourth-order valence-electron chi connectivity index (χ4n) is 0.678. The minimum atomic E-state index is -1.06. The van der Waals surface area contributed by atoms with Gasteiger partial charge in [-0.05, 0) is 19.3 Å². The van der Waals surface area contributed by atoms with Crippen LogP contribution in [0.4, 0.5) is 4.39 Å². The van der Waals surface area contributed by atoms with Crippen LogP contribution in [0.3, 0.4) is 0 Å². The van der Waals surface area contributed by atoms with Gasteiger partial charge >= 0.3 is 0 Å². The number of hydrogen-bond donors (Lipinski definition) is 0. The smallest absolute Gasteiger partial charge is 0.160 e. The van der Waals surface area contributed by atoms with Crippen molar-refractivity contribution in [1.82, 2.24) is 0 Å². The molecule has 0 radical (unpaired) electrons. The third kappa shape index (κ3) is 5.91. The lowest BCUT2D eigenvalue weighted by atomic mass is 10.1. The average molecular weight is 163 g/mol. The predicted octanol–water partition coefficient (Wildman–Crippen LogP) is 2.76. The first kappa shape index (κ1) is 9.78. The Morgan fingerprint density at radius 1 is 1.40 bits per heavy atom. The van der Waals surface area contributed by atoms with E-state index in [4.69, 9.17) is 18.0 Å². The van der Waals surface area contributed by atoms with Crippen molar-refractivity contribution in [3.63, 3.8) is 0 Å². The maximum atomic E-state index is 12.3. The second-order valence-electron chi connectivity index (χ2n) is 2.17. The second-order valence-corrected chi connectivity index (χ2v) is 2.55. The molecule has 0 aromatic heterocycles. The molecule has 0 aromatic carbocycles. The first-order valence-electron chi connectivity index (χ1n) is 3.47. The predicted molar refractivity (Wildman–Crippen MR) is 42.9 cm³/mol. The Kier molecular flexibility index (Phi) is 6.74. The summed E-state index contributed by atoms with van der Waals surface area (Å²) < 4.78 is 12.3. The van der Waals surface area contributed by atoms with Crippen LogP contribution < -0.4 is 0 Å². The quantitative estimate of drug-likeness (QED) is 0.331. The molecule has 58 valence electrons. The van der Waals surface area contributed by atoms with Gasteiger partial charge in [-0.25, -0.2) is 4.39 Å². The molecule has 10 heavy (non-hydrogen) atoms. The Labute approximate surface area is 66.8 Å². The Morgan fingerprint density at radius 3 is 2.60 bits per heavy atom. The van der Waals surface area contributed by atoms with Gasteiger partial charge < -0.3 is 0 Å². The molecule has 0 saturated heterocycles. The third-order valence-electron chi connectivity index (χ3n) is 1.27. The van der Waals surface area contributed by atoms with Gasteiger partial charge in [-0.1, -0.05) is 12.3 Å². The summed E-state index contributed by atoms with van der Waals surface area (Å²) in [6.45, 7) is 0. The minimum absolute atomic E-state index is 0.480. The standard InChI is InChI=1S/C8H12ClF/c1-2-8(10)6-4-3-5-7-9/h1,8H,3-7H2. The lowest BCUT2D eigenvalue weighted by Crippen LogP contribution is -1.94. The lowest BCUT2D eigenvalue weighted by Gasteiger charge is -1.98. The number of hydrogen-bond acceptors (Lipinski definition) is 0. The minimum Gasteiger partial charge on any atom is -0.233 e. The van der Waals surface area contributed by atoms with Gasteiger partial charge in [-0.15, -0.1) is 18.0 Å². The van der Waals surface area contributed by atoms with E-state index in [2.05, 4.69) is 0 Å². The van der Waals surface area contributed by atoms with Gasteiger partial charge in [-0.3, -0.25) is 0 Å². The monoisotopic (exact) mass is 162 g/mol. The van der Waals surface area contributed by atoms with E-state index in [9.17, 15) is 4.39 Å². The molecule has 0 aliphatic rings. The molecule has 0 saturated carbocycles. The highest BCUT2D eigenvalue weighted by molar-refractivity contribution is 6.17. The van der Waals surface area contributed by atoms with E-state index < -0.39 is 6.17 Å². The summed E-state index contributed by atoms with van der Waals surface area (Å²) in [6, 6.07) is 0. The Hall–Kier alpha value is -0.220. The van der Waals surface area contributed by atoms with E-state index in [0.29, 0.717) is 12.3 Å². The van der Waals surface area contributed by atoms with Gasteiger partial charge in [-0.2, -0.15) is 0 Å². The van der Waals surface area contributed by atoms with Crippen LogP contribution >= 0.6 is 11.6 Å². The van der Waals surface area contributed by atoms with Crippen LogP contribution in [-0.4, -0.2) is 12.1 Å². The van der Waals surface area contributed by atoms with Crippen molar-refractivity contribution in [2.24, 2.45) is 0 Å². The molecule has 0 aliphatic carbocycles. The van der Waals surface area contributed by atoms with Gasteiger partial charge in [0, 0.05) is 5.88 Å². The van der Waals surface area contributed by atoms with Crippen molar-refractivity contribution < 1.29 is 4.39 Å². The van der Waals surface area contributed by atoms with Gasteiger partial charge in [0.05, 0.1) is 0 Å². The fraction of sp³-hybridized carbons (Fsp3) is 0.750. The number of rotatable bonds is 5. The van der Waals surface area contributed by atoms with Crippen molar-refractivity contribution in [1.29, 1.82) is 0 Å². The SMILES string of the molecule is C#CC(F)CCCCCCl. The van der Waals surface area contributed by atoms with Crippen LogP contribution in [0.15, 0.2) is 0 Å². The molecule has 0 heterocycles. The molecule has 0 aromatic rings. The Morgan fingerprint density at radius 2 is 2.10 bits per heavy atom. The molecule has 2 heteroatoms. The maximum Gasteiger partial charge on any atom is 0.160 e. The molecular formula is C8H12ClF. The summed E-state index contributed by atoms with van der Waals surface area (Å²) >= 11 is 5.42. The second kappa shape index (κ2) is 6.89. The first-order chi connectivity index (χ1) is 4.81. The molecule has 0 nitrogen and oxygen atoms in total. The molecule has 0 fully saturated rings. The van der Waals surface area contributed by atoms with Crippen LogP contribution in [-0.2, 0) is 0 Å². The largest absolute Gasteiger partial charge is 0.233 e. The number of unbranched alkanes of at least 4 members (excludes halogenated alkanes) is 2. The van der Waals surface area contributed by atoms with Crippen LogP contribution in [0.2, 0.25) is 0 Å². The van der Waals surface area contributed by atoms with E-state index >= 15 is 0 Å². The van der Waals surface area contributed by atoms with E-state index in [0.717, 1.165) is 19.3 Å². The summed E-state index contributed by atoms with van der Waals surface area (Å²) in [5, 5.41) is 0. The number of alkyl halides is 2. The van der Waals surface area contributed by atoms with Crippen LogP contribution in [0, 0.1) is 12.3 Å². The van der Waals surface area contributed by atoms with Gasteiger partial charge in [0.25, 0.3) is 0 Å². The Bertz CT molecular complexity index is 106. The van der Waals surface area contributed by atoms with E-state index in [1.807, 2.05) is 5.92 Å². The molecule has 0 N–H and O–H groups in total. The summed E-state index contributed by atoms with van der Waals surface area (Å²) in [4.78, 5) is 0. The van der Waals surface area contributed by atoms with Crippen LogP contribution in [0.25, 0.3) is 0 Å². The first-order valence-corrected chi connectivity index (χ1v) is 4.01. The third-order valence-corrected chi connectivity index (χ3v) is 1.54. The van der Waals surface area contributed by atoms with Gasteiger partial charge in [0.1, 0.15) is 0 Å². The zero-order valence-corrected chi connectivity index (χ0v) is 6.70. The molecule has 1 unspecified atom stereocenters. The highest BCUT2D eigenvalue weighted by Gasteiger charge is 1.98. The van der Waals surface area contributed by atoms with E-state index in [-0.39, 0.29) is 0 Å². The molecule has 0 aliphatic heterocycles. The molecule has 0 rings (SSSR count). The van der Waals surface area contributed by atoms with Crippen LogP contribution in [0.5, 0.6) is 0 Å². The average Bonchev–Trinajstić information content (AvgIpc) is 1.98. The highest BCUT2D eigenvalue weighted by Crippen LogP contribution is 2.05. The van der Waals surface area contributed by atoms with E-state index in [1.165, 1.54) is 0 Å². The zero-order valence-electron chi connectivity index (χ0n) is 5.95. The van der Waals surface area contributed by atoms with E-state index in [1.54, 1.807) is 0 Å². The Balaban J connectivity index is 2.98. The maximum absolute atomic E-state index is 12.3. The molecular weight excluding hydrogens is 151 g/mol. The summed E-state index contributed by atoms with van der Waals surface area (Å²) in [5.41, 5.74) is 0. The molecule has 0 spiro atoms. The summed E-state index contributed by atoms with van der Waals surface area (Å²) in [7, 11) is 0. The van der Waals surface area contributed by atoms with Crippen molar-refractivity contribution in [2.45, 2.75) is 31.9 Å². The molecule has 1 atom stereocenters. The molecule has 0 bridgehead atoms. The van der Waals surface area contributed by atoms with Gasteiger partial charge in [0.15, 0.2) is 6.17 Å². The topological polar surface area (TPSA) is 0 Å². The normalized spacial score (nSPS) is 12.5. The summed E-state index contributed by atoms with van der Waals surface area (Å²) in [6.07, 6.45) is 7.04.